The maximum atomic E-state index is 12.8. The summed E-state index contributed by atoms with van der Waals surface area (Å²) in [6.07, 6.45) is 0. The molecule has 0 saturated heterocycles. The molecule has 0 bridgehead atoms. The van der Waals surface area contributed by atoms with Crippen molar-refractivity contribution in [2.24, 2.45) is 5.92 Å². The van der Waals surface area contributed by atoms with Gasteiger partial charge in [-0.25, -0.2) is 8.42 Å². The Hall–Kier alpha value is -2.62. The van der Waals surface area contributed by atoms with Crippen LogP contribution in [0.2, 0.25) is 0 Å². The molecule has 0 aliphatic rings. The molecule has 0 aromatic heterocycles. The van der Waals surface area contributed by atoms with Gasteiger partial charge < -0.3 is 19.7 Å². The van der Waals surface area contributed by atoms with Crippen LogP contribution < -0.4 is 19.5 Å². The fourth-order valence-corrected chi connectivity index (χ4v) is 4.22. The third-order valence-corrected chi connectivity index (χ3v) is 6.23. The summed E-state index contributed by atoms with van der Waals surface area (Å²) in [5.74, 6) is 0.633. The minimum absolute atomic E-state index is 0.0688. The Morgan fingerprint density at radius 1 is 1.06 bits per heavy atom. The maximum Gasteiger partial charge on any atom is 0.241 e. The number of carbonyl (C=O) groups excluding carboxylic acids is 1. The van der Waals surface area contributed by atoms with Crippen LogP contribution in [0, 0.1) is 5.92 Å². The number of nitrogens with one attached hydrogen (secondary N) is 2. The third-order valence-electron chi connectivity index (χ3n) is 4.77. The van der Waals surface area contributed by atoms with E-state index >= 15 is 0 Å². The highest BCUT2D eigenvalue weighted by atomic mass is 32.2. The number of rotatable bonds is 12. The van der Waals surface area contributed by atoms with E-state index in [4.69, 9.17) is 9.47 Å². The smallest absolute Gasteiger partial charge is 0.241 e. The second-order valence-electron chi connectivity index (χ2n) is 8.04. The first-order chi connectivity index (χ1) is 15.1. The van der Waals surface area contributed by atoms with E-state index in [0.29, 0.717) is 12.4 Å². The van der Waals surface area contributed by atoms with Gasteiger partial charge in [0.05, 0.1) is 12.0 Å². The van der Waals surface area contributed by atoms with Crippen molar-refractivity contribution in [1.82, 2.24) is 14.9 Å². The number of methoxy groups -OCH3 is 1. The van der Waals surface area contributed by atoms with Crippen LogP contribution in [0.15, 0.2) is 53.4 Å². The van der Waals surface area contributed by atoms with E-state index in [-0.39, 0.29) is 17.4 Å². The van der Waals surface area contributed by atoms with E-state index in [1.165, 1.54) is 19.2 Å². The average molecular weight is 464 g/mol. The van der Waals surface area contributed by atoms with Gasteiger partial charge in [-0.15, -0.1) is 0 Å². The van der Waals surface area contributed by atoms with Gasteiger partial charge in [0.1, 0.15) is 24.1 Å². The van der Waals surface area contributed by atoms with Crippen molar-refractivity contribution in [1.29, 1.82) is 0 Å². The number of hydrogen-bond acceptors (Lipinski definition) is 6. The minimum Gasteiger partial charge on any atom is -0.497 e. The van der Waals surface area contributed by atoms with Gasteiger partial charge in [0.15, 0.2) is 0 Å². The van der Waals surface area contributed by atoms with Gasteiger partial charge in [0.25, 0.3) is 0 Å². The molecule has 32 heavy (non-hydrogen) atoms. The van der Waals surface area contributed by atoms with Crippen molar-refractivity contribution in [3.05, 3.63) is 54.1 Å². The van der Waals surface area contributed by atoms with Crippen molar-refractivity contribution in [3.63, 3.8) is 0 Å². The standard InChI is InChI=1S/C23H33N3O5S/c1-17(2)22(25-32(28,29)21-11-9-19(30-5)10-12-21)23(27)24-16-18-7-6-8-20(15-18)31-14-13-26(3)4/h6-12,15,17,22,25H,13-14,16H2,1-5H3,(H,24,27)/t22-/m1/s1. The fraction of sp³-hybridized carbons (Fsp3) is 0.435. The van der Waals surface area contributed by atoms with E-state index < -0.39 is 22.0 Å². The average Bonchev–Trinajstić information content (AvgIpc) is 2.76. The van der Waals surface area contributed by atoms with Crippen molar-refractivity contribution in [3.8, 4) is 11.5 Å². The summed E-state index contributed by atoms with van der Waals surface area (Å²) in [6, 6.07) is 12.6. The van der Waals surface area contributed by atoms with Crippen LogP contribution >= 0.6 is 0 Å². The summed E-state index contributed by atoms with van der Waals surface area (Å²) < 4.78 is 38.8. The molecule has 2 N–H and O–H groups in total. The molecule has 1 amide bonds. The molecule has 0 spiro atoms. The molecule has 0 heterocycles. The Bertz CT molecular complexity index is 975. The highest BCUT2D eigenvalue weighted by Crippen LogP contribution is 2.17. The van der Waals surface area contributed by atoms with E-state index in [1.54, 1.807) is 26.0 Å². The van der Waals surface area contributed by atoms with Crippen molar-refractivity contribution in [2.45, 2.75) is 31.3 Å². The van der Waals surface area contributed by atoms with E-state index in [1.807, 2.05) is 43.3 Å². The van der Waals surface area contributed by atoms with Crippen LogP contribution in [0.3, 0.4) is 0 Å². The summed E-state index contributed by atoms with van der Waals surface area (Å²) in [5.41, 5.74) is 0.862. The molecule has 8 nitrogen and oxygen atoms in total. The van der Waals surface area contributed by atoms with Crippen molar-refractivity contribution < 1.29 is 22.7 Å². The fourth-order valence-electron chi connectivity index (χ4n) is 2.87. The van der Waals surface area contributed by atoms with Gasteiger partial charge >= 0.3 is 0 Å². The Labute approximate surface area is 191 Å². The number of likely N-dealkylation sites (N-methyl/N-ethyl adjacent to an activating group) is 1. The van der Waals surface area contributed by atoms with Gasteiger partial charge in [0.2, 0.25) is 15.9 Å². The second-order valence-corrected chi connectivity index (χ2v) is 9.75. The van der Waals surface area contributed by atoms with Crippen LogP contribution in [0.5, 0.6) is 11.5 Å². The molecule has 2 rings (SSSR count). The predicted molar refractivity (Wildman–Crippen MR) is 124 cm³/mol. The highest BCUT2D eigenvalue weighted by molar-refractivity contribution is 7.89. The topological polar surface area (TPSA) is 97.0 Å². The molecule has 0 radical (unpaired) electrons. The number of sulfonamides is 1. The first kappa shape index (κ1) is 25.6. The molecule has 0 fully saturated rings. The quantitative estimate of drug-likeness (QED) is 0.501. The van der Waals surface area contributed by atoms with Gasteiger partial charge in [-0.05, 0) is 62.0 Å². The first-order valence-corrected chi connectivity index (χ1v) is 11.9. The molecule has 0 aliphatic carbocycles. The third kappa shape index (κ3) is 7.81. The van der Waals surface area contributed by atoms with Gasteiger partial charge in [-0.1, -0.05) is 26.0 Å². The molecule has 0 aliphatic heterocycles. The number of carbonyl (C=O) groups is 1. The molecular weight excluding hydrogens is 430 g/mol. The zero-order chi connectivity index (χ0) is 23.7. The number of hydrogen-bond donors (Lipinski definition) is 2. The van der Waals surface area contributed by atoms with E-state index in [2.05, 4.69) is 10.0 Å². The number of ether oxygens (including phenoxy) is 2. The predicted octanol–water partition coefficient (Wildman–Crippen LogP) is 2.25. The van der Waals surface area contributed by atoms with Crippen LogP contribution in [-0.4, -0.2) is 59.6 Å². The molecular formula is C23H33N3O5S. The molecule has 0 unspecified atom stereocenters. The zero-order valence-corrected chi connectivity index (χ0v) is 20.1. The van der Waals surface area contributed by atoms with Gasteiger partial charge in [0, 0.05) is 13.1 Å². The highest BCUT2D eigenvalue weighted by Gasteiger charge is 2.28. The largest absolute Gasteiger partial charge is 0.497 e. The lowest BCUT2D eigenvalue weighted by Crippen LogP contribution is -2.49. The number of benzene rings is 2. The zero-order valence-electron chi connectivity index (χ0n) is 19.3. The van der Waals surface area contributed by atoms with E-state index in [0.717, 1.165) is 17.9 Å². The minimum atomic E-state index is -3.87. The second kappa shape index (κ2) is 11.8. The molecule has 2 aromatic carbocycles. The molecule has 0 saturated carbocycles. The summed E-state index contributed by atoms with van der Waals surface area (Å²) in [7, 11) is 1.59. The Morgan fingerprint density at radius 2 is 1.75 bits per heavy atom. The van der Waals surface area contributed by atoms with Crippen LogP contribution in [-0.2, 0) is 21.4 Å². The molecule has 176 valence electrons. The van der Waals surface area contributed by atoms with Crippen LogP contribution in [0.4, 0.5) is 0 Å². The number of nitrogens with zero attached hydrogens (tertiary/aromatic N) is 1. The Balaban J connectivity index is 2.01. The Morgan fingerprint density at radius 3 is 2.34 bits per heavy atom. The van der Waals surface area contributed by atoms with Crippen LogP contribution in [0.1, 0.15) is 19.4 Å². The molecule has 2 aromatic rings. The van der Waals surface area contributed by atoms with E-state index in [9.17, 15) is 13.2 Å². The normalized spacial score (nSPS) is 12.6. The van der Waals surface area contributed by atoms with Crippen molar-refractivity contribution in [2.75, 3.05) is 34.4 Å². The first-order valence-electron chi connectivity index (χ1n) is 10.4. The summed E-state index contributed by atoms with van der Waals surface area (Å²) in [5, 5.41) is 2.82. The lowest BCUT2D eigenvalue weighted by Gasteiger charge is -2.22. The van der Waals surface area contributed by atoms with Crippen molar-refractivity contribution >= 4 is 15.9 Å². The van der Waals surface area contributed by atoms with Crippen LogP contribution in [0.25, 0.3) is 0 Å². The molecule has 9 heteroatoms. The summed E-state index contributed by atoms with van der Waals surface area (Å²) >= 11 is 0. The monoisotopic (exact) mass is 463 g/mol. The Kier molecular flexibility index (Phi) is 9.49. The number of amides is 1. The molecule has 1 atom stereocenters. The lowest BCUT2D eigenvalue weighted by molar-refractivity contribution is -0.123. The maximum absolute atomic E-state index is 12.8. The van der Waals surface area contributed by atoms with Gasteiger partial charge in [-0.3, -0.25) is 4.79 Å². The van der Waals surface area contributed by atoms with Gasteiger partial charge in [-0.2, -0.15) is 4.72 Å². The summed E-state index contributed by atoms with van der Waals surface area (Å²) in [6.45, 7) is 5.20. The summed E-state index contributed by atoms with van der Waals surface area (Å²) in [4.78, 5) is 14.9. The lowest BCUT2D eigenvalue weighted by atomic mass is 10.0. The SMILES string of the molecule is COc1ccc(S(=O)(=O)N[C@@H](C(=O)NCc2cccc(OCCN(C)C)c2)C(C)C)cc1.